The SMILES string of the molecule is O=C(Nc1ccc2ccccc2c1O)c1cccc([N+](=O)[O-])c1. The number of phenols is 1. The van der Waals surface area contributed by atoms with Crippen molar-refractivity contribution in [1.82, 2.24) is 0 Å². The topological polar surface area (TPSA) is 92.5 Å². The van der Waals surface area contributed by atoms with Gasteiger partial charge in [-0.3, -0.25) is 14.9 Å². The summed E-state index contributed by atoms with van der Waals surface area (Å²) < 4.78 is 0. The van der Waals surface area contributed by atoms with Crippen LogP contribution in [0.25, 0.3) is 10.8 Å². The van der Waals surface area contributed by atoms with Crippen molar-refractivity contribution < 1.29 is 14.8 Å². The number of non-ortho nitro benzene ring substituents is 1. The fourth-order valence-electron chi connectivity index (χ4n) is 2.31. The Hall–Kier alpha value is -3.41. The molecule has 0 radical (unpaired) electrons. The minimum Gasteiger partial charge on any atom is -0.505 e. The van der Waals surface area contributed by atoms with E-state index in [-0.39, 0.29) is 22.7 Å². The minimum atomic E-state index is -0.565. The molecule has 114 valence electrons. The Morgan fingerprint density at radius 3 is 2.61 bits per heavy atom. The number of carbonyl (C=O) groups is 1. The highest BCUT2D eigenvalue weighted by molar-refractivity contribution is 6.07. The number of nitrogens with zero attached hydrogens (tertiary/aromatic N) is 1. The summed E-state index contributed by atoms with van der Waals surface area (Å²) in [4.78, 5) is 22.4. The number of nitrogens with one attached hydrogen (secondary N) is 1. The van der Waals surface area contributed by atoms with Gasteiger partial charge in [-0.15, -0.1) is 0 Å². The molecule has 2 N–H and O–H groups in total. The third-order valence-corrected chi connectivity index (χ3v) is 3.47. The van der Waals surface area contributed by atoms with Crippen molar-refractivity contribution >= 4 is 28.1 Å². The van der Waals surface area contributed by atoms with Crippen LogP contribution in [0.15, 0.2) is 60.7 Å². The van der Waals surface area contributed by atoms with Crippen LogP contribution in [-0.4, -0.2) is 15.9 Å². The second-order valence-electron chi connectivity index (χ2n) is 4.94. The fourth-order valence-corrected chi connectivity index (χ4v) is 2.31. The maximum atomic E-state index is 12.2. The van der Waals surface area contributed by atoms with Gasteiger partial charge in [-0.25, -0.2) is 0 Å². The van der Waals surface area contributed by atoms with E-state index in [1.165, 1.54) is 24.3 Å². The number of nitro benzene ring substituents is 1. The summed E-state index contributed by atoms with van der Waals surface area (Å²) in [6.07, 6.45) is 0. The molecule has 1 amide bonds. The molecule has 0 saturated heterocycles. The predicted octanol–water partition coefficient (Wildman–Crippen LogP) is 3.71. The maximum Gasteiger partial charge on any atom is 0.270 e. The van der Waals surface area contributed by atoms with Gasteiger partial charge in [-0.2, -0.15) is 0 Å². The zero-order chi connectivity index (χ0) is 16.4. The molecule has 0 aliphatic heterocycles. The molecule has 0 spiro atoms. The third-order valence-electron chi connectivity index (χ3n) is 3.47. The standard InChI is InChI=1S/C17H12N2O4/c20-16-14-7-2-1-4-11(14)8-9-15(16)18-17(21)12-5-3-6-13(10-12)19(22)23/h1-10,20H,(H,18,21). The van der Waals surface area contributed by atoms with Crippen molar-refractivity contribution in [3.63, 3.8) is 0 Å². The van der Waals surface area contributed by atoms with Crippen molar-refractivity contribution in [2.75, 3.05) is 5.32 Å². The summed E-state index contributed by atoms with van der Waals surface area (Å²) in [5.41, 5.74) is 0.229. The lowest BCUT2D eigenvalue weighted by Gasteiger charge is -2.09. The zero-order valence-corrected chi connectivity index (χ0v) is 11.9. The van der Waals surface area contributed by atoms with E-state index < -0.39 is 10.8 Å². The largest absolute Gasteiger partial charge is 0.505 e. The Balaban J connectivity index is 1.93. The van der Waals surface area contributed by atoms with E-state index in [1.807, 2.05) is 12.1 Å². The van der Waals surface area contributed by atoms with E-state index in [1.54, 1.807) is 24.3 Å². The highest BCUT2D eigenvalue weighted by Crippen LogP contribution is 2.32. The molecule has 23 heavy (non-hydrogen) atoms. The highest BCUT2D eigenvalue weighted by Gasteiger charge is 2.14. The molecule has 0 fully saturated rings. The van der Waals surface area contributed by atoms with E-state index in [0.717, 1.165) is 5.39 Å². The number of nitro groups is 1. The van der Waals surface area contributed by atoms with E-state index in [2.05, 4.69) is 5.32 Å². The van der Waals surface area contributed by atoms with E-state index in [9.17, 15) is 20.0 Å². The monoisotopic (exact) mass is 308 g/mol. The molecule has 0 bridgehead atoms. The second-order valence-corrected chi connectivity index (χ2v) is 4.94. The first kappa shape index (κ1) is 14.5. The zero-order valence-electron chi connectivity index (χ0n) is 11.9. The number of benzene rings is 3. The number of aromatic hydroxyl groups is 1. The van der Waals surface area contributed by atoms with Crippen molar-refractivity contribution in [3.05, 3.63) is 76.3 Å². The van der Waals surface area contributed by atoms with Gasteiger partial charge in [0.05, 0.1) is 10.6 Å². The second kappa shape index (κ2) is 5.76. The number of fused-ring (bicyclic) bond motifs is 1. The summed E-state index contributed by atoms with van der Waals surface area (Å²) in [6.45, 7) is 0. The van der Waals surface area contributed by atoms with Crippen molar-refractivity contribution in [2.45, 2.75) is 0 Å². The first-order chi connectivity index (χ1) is 11.1. The normalized spacial score (nSPS) is 10.4. The molecule has 3 rings (SSSR count). The molecule has 0 aliphatic rings. The van der Waals surface area contributed by atoms with Gasteiger partial charge in [0.25, 0.3) is 11.6 Å². The van der Waals surface area contributed by atoms with Gasteiger partial charge >= 0.3 is 0 Å². The number of carbonyl (C=O) groups excluding carboxylic acids is 1. The molecule has 0 heterocycles. The molecule has 3 aromatic carbocycles. The van der Waals surface area contributed by atoms with E-state index in [4.69, 9.17) is 0 Å². The molecule has 6 nitrogen and oxygen atoms in total. The smallest absolute Gasteiger partial charge is 0.270 e. The molecular weight excluding hydrogens is 296 g/mol. The van der Waals surface area contributed by atoms with Crippen LogP contribution >= 0.6 is 0 Å². The summed E-state index contributed by atoms with van der Waals surface area (Å²) >= 11 is 0. The molecule has 0 aliphatic carbocycles. The molecule has 0 saturated carbocycles. The Morgan fingerprint density at radius 2 is 1.83 bits per heavy atom. The quantitative estimate of drug-likeness (QED) is 0.438. The summed E-state index contributed by atoms with van der Waals surface area (Å²) in [6, 6.07) is 16.0. The Kier molecular flexibility index (Phi) is 3.64. The van der Waals surface area contributed by atoms with Crippen LogP contribution < -0.4 is 5.32 Å². The van der Waals surface area contributed by atoms with Crippen molar-refractivity contribution in [3.8, 4) is 5.75 Å². The van der Waals surface area contributed by atoms with Gasteiger partial charge in [0.2, 0.25) is 0 Å². The lowest BCUT2D eigenvalue weighted by molar-refractivity contribution is -0.384. The fraction of sp³-hybridized carbons (Fsp3) is 0. The van der Waals surface area contributed by atoms with Crippen LogP contribution in [-0.2, 0) is 0 Å². The third kappa shape index (κ3) is 2.82. The number of anilines is 1. The summed E-state index contributed by atoms with van der Waals surface area (Å²) in [5, 5.41) is 25.1. The summed E-state index contributed by atoms with van der Waals surface area (Å²) in [7, 11) is 0. The van der Waals surface area contributed by atoms with Crippen LogP contribution in [0.4, 0.5) is 11.4 Å². The Bertz CT molecular complexity index is 921. The van der Waals surface area contributed by atoms with Crippen molar-refractivity contribution in [1.29, 1.82) is 0 Å². The van der Waals surface area contributed by atoms with Gasteiger partial charge in [0.15, 0.2) is 0 Å². The van der Waals surface area contributed by atoms with Gasteiger partial charge in [-0.05, 0) is 17.5 Å². The van der Waals surface area contributed by atoms with Crippen molar-refractivity contribution in [2.24, 2.45) is 0 Å². The van der Waals surface area contributed by atoms with Gasteiger partial charge in [0.1, 0.15) is 5.75 Å². The Morgan fingerprint density at radius 1 is 1.04 bits per heavy atom. The lowest BCUT2D eigenvalue weighted by Crippen LogP contribution is -2.12. The van der Waals surface area contributed by atoms with Gasteiger partial charge in [0, 0.05) is 23.1 Å². The lowest BCUT2D eigenvalue weighted by atomic mass is 10.1. The minimum absolute atomic E-state index is 0.0399. The number of phenolic OH excluding ortho intramolecular Hbond substituents is 1. The van der Waals surface area contributed by atoms with Crippen LogP contribution in [0, 0.1) is 10.1 Å². The number of rotatable bonds is 3. The number of hydrogen-bond acceptors (Lipinski definition) is 4. The van der Waals surface area contributed by atoms with Crippen LogP contribution in [0.1, 0.15) is 10.4 Å². The number of hydrogen-bond donors (Lipinski definition) is 2. The summed E-state index contributed by atoms with van der Waals surface area (Å²) in [5.74, 6) is -0.568. The Labute approximate surface area is 131 Å². The molecule has 6 heteroatoms. The van der Waals surface area contributed by atoms with Crippen LogP contribution in [0.3, 0.4) is 0 Å². The number of amides is 1. The highest BCUT2D eigenvalue weighted by atomic mass is 16.6. The molecule has 0 atom stereocenters. The predicted molar refractivity (Wildman–Crippen MR) is 86.7 cm³/mol. The van der Waals surface area contributed by atoms with Crippen LogP contribution in [0.2, 0.25) is 0 Å². The van der Waals surface area contributed by atoms with Crippen LogP contribution in [0.5, 0.6) is 5.75 Å². The van der Waals surface area contributed by atoms with Gasteiger partial charge < -0.3 is 10.4 Å². The first-order valence-corrected chi connectivity index (χ1v) is 6.83. The maximum absolute atomic E-state index is 12.2. The first-order valence-electron chi connectivity index (χ1n) is 6.83. The van der Waals surface area contributed by atoms with E-state index in [0.29, 0.717) is 5.39 Å². The molecule has 3 aromatic rings. The molecule has 0 unspecified atom stereocenters. The average molecular weight is 308 g/mol. The van der Waals surface area contributed by atoms with Gasteiger partial charge in [-0.1, -0.05) is 36.4 Å². The average Bonchev–Trinajstić information content (AvgIpc) is 2.57. The van der Waals surface area contributed by atoms with E-state index >= 15 is 0 Å². The molecule has 0 aromatic heterocycles. The molecular formula is C17H12N2O4.